The number of hydrogen-bond acceptors (Lipinski definition) is 3. The van der Waals surface area contributed by atoms with E-state index in [4.69, 9.17) is 0 Å². The van der Waals surface area contributed by atoms with E-state index in [0.29, 0.717) is 0 Å². The molecule has 4 heterocycles. The summed E-state index contributed by atoms with van der Waals surface area (Å²) in [7, 11) is 1.90. The van der Waals surface area contributed by atoms with Crippen LogP contribution in [0.3, 0.4) is 0 Å². The molecule has 0 saturated heterocycles. The zero-order valence-electron chi connectivity index (χ0n) is 11.0. The molecule has 0 radical (unpaired) electrons. The molecule has 0 bridgehead atoms. The number of rotatable bonds is 2. The van der Waals surface area contributed by atoms with Gasteiger partial charge in [-0.2, -0.15) is 0 Å². The lowest BCUT2D eigenvalue weighted by Gasteiger charge is -2.04. The zero-order valence-corrected chi connectivity index (χ0v) is 11.0. The third-order valence-electron chi connectivity index (χ3n) is 3.46. The molecule has 0 atom stereocenters. The van der Waals surface area contributed by atoms with Crippen LogP contribution < -0.4 is 5.32 Å². The molecule has 0 spiro atoms. The highest BCUT2D eigenvalue weighted by Crippen LogP contribution is 2.22. The van der Waals surface area contributed by atoms with Crippen LogP contribution in [0.15, 0.2) is 48.9 Å². The molecule has 2 N–H and O–H groups in total. The van der Waals surface area contributed by atoms with Crippen LogP contribution in [0.4, 0.5) is 5.69 Å². The molecule has 4 rings (SSSR count). The van der Waals surface area contributed by atoms with Crippen LogP contribution in [-0.2, 0) is 0 Å². The Morgan fingerprint density at radius 3 is 3.00 bits per heavy atom. The van der Waals surface area contributed by atoms with Crippen molar-refractivity contribution in [3.05, 3.63) is 48.9 Å². The average molecular weight is 263 g/mol. The van der Waals surface area contributed by atoms with Crippen LogP contribution in [0.5, 0.6) is 0 Å². The molecule has 0 unspecified atom stereocenters. The SMILES string of the molecule is CNc1ccc2ncc(-c3ccc4[nH]ccc4n3)n2c1. The predicted molar refractivity (Wildman–Crippen MR) is 79.8 cm³/mol. The number of imidazole rings is 1. The van der Waals surface area contributed by atoms with Gasteiger partial charge in [0.2, 0.25) is 0 Å². The number of H-pyrrole nitrogens is 1. The van der Waals surface area contributed by atoms with Gasteiger partial charge < -0.3 is 10.3 Å². The van der Waals surface area contributed by atoms with Gasteiger partial charge in [0.1, 0.15) is 5.65 Å². The highest BCUT2D eigenvalue weighted by Gasteiger charge is 2.08. The van der Waals surface area contributed by atoms with Crippen molar-refractivity contribution in [1.29, 1.82) is 0 Å². The Morgan fingerprint density at radius 2 is 2.10 bits per heavy atom. The van der Waals surface area contributed by atoms with Crippen LogP contribution in [-0.4, -0.2) is 26.4 Å². The second kappa shape index (κ2) is 4.09. The summed E-state index contributed by atoms with van der Waals surface area (Å²) in [6, 6.07) is 10.0. The highest BCUT2D eigenvalue weighted by atomic mass is 15.0. The largest absolute Gasteiger partial charge is 0.387 e. The quantitative estimate of drug-likeness (QED) is 0.584. The molecule has 0 amide bonds. The number of hydrogen-bond donors (Lipinski definition) is 2. The molecule has 0 saturated carbocycles. The Bertz CT molecular complexity index is 903. The second-order valence-electron chi connectivity index (χ2n) is 4.65. The summed E-state index contributed by atoms with van der Waals surface area (Å²) in [4.78, 5) is 12.2. The van der Waals surface area contributed by atoms with Crippen molar-refractivity contribution in [3.8, 4) is 11.4 Å². The third kappa shape index (κ3) is 1.56. The summed E-state index contributed by atoms with van der Waals surface area (Å²) in [5.74, 6) is 0. The Hall–Kier alpha value is -2.82. The highest BCUT2D eigenvalue weighted by molar-refractivity contribution is 5.78. The van der Waals surface area contributed by atoms with Crippen molar-refractivity contribution in [1.82, 2.24) is 19.4 Å². The molecule has 0 aliphatic carbocycles. The Kier molecular flexibility index (Phi) is 2.26. The van der Waals surface area contributed by atoms with Crippen molar-refractivity contribution in [2.75, 3.05) is 12.4 Å². The van der Waals surface area contributed by atoms with Crippen LogP contribution in [0.2, 0.25) is 0 Å². The predicted octanol–water partition coefficient (Wildman–Crippen LogP) is 2.92. The monoisotopic (exact) mass is 263 g/mol. The topological polar surface area (TPSA) is 58.0 Å². The van der Waals surface area contributed by atoms with Crippen molar-refractivity contribution in [2.24, 2.45) is 0 Å². The first kappa shape index (κ1) is 11.0. The van der Waals surface area contributed by atoms with Gasteiger partial charge in [-0.25, -0.2) is 9.97 Å². The average Bonchev–Trinajstić information content (AvgIpc) is 3.11. The minimum absolute atomic E-state index is 0.912. The number of pyridine rings is 2. The maximum absolute atomic E-state index is 4.67. The van der Waals surface area contributed by atoms with E-state index in [-0.39, 0.29) is 0 Å². The molecule has 0 fully saturated rings. The molecule has 0 aliphatic rings. The smallest absolute Gasteiger partial charge is 0.137 e. The van der Waals surface area contributed by atoms with E-state index in [1.165, 1.54) is 0 Å². The van der Waals surface area contributed by atoms with Crippen LogP contribution in [0, 0.1) is 0 Å². The number of anilines is 1. The van der Waals surface area contributed by atoms with E-state index >= 15 is 0 Å². The first-order valence-corrected chi connectivity index (χ1v) is 6.44. The Morgan fingerprint density at radius 1 is 1.15 bits per heavy atom. The summed E-state index contributed by atoms with van der Waals surface area (Å²) < 4.78 is 2.05. The Labute approximate surface area is 115 Å². The van der Waals surface area contributed by atoms with Gasteiger partial charge in [0.15, 0.2) is 0 Å². The fourth-order valence-electron chi connectivity index (χ4n) is 2.40. The number of nitrogens with zero attached hydrogens (tertiary/aromatic N) is 3. The van der Waals surface area contributed by atoms with Gasteiger partial charge >= 0.3 is 0 Å². The normalized spacial score (nSPS) is 11.2. The zero-order chi connectivity index (χ0) is 13.5. The van der Waals surface area contributed by atoms with E-state index in [2.05, 4.69) is 20.3 Å². The molecular weight excluding hydrogens is 250 g/mol. The molecular formula is C15H13N5. The first-order chi connectivity index (χ1) is 9.85. The molecule has 20 heavy (non-hydrogen) atoms. The minimum atomic E-state index is 0.912. The summed E-state index contributed by atoms with van der Waals surface area (Å²) in [5, 5.41) is 3.14. The maximum atomic E-state index is 4.67. The number of nitrogens with one attached hydrogen (secondary N) is 2. The van der Waals surface area contributed by atoms with Gasteiger partial charge in [-0.3, -0.25) is 4.40 Å². The van der Waals surface area contributed by atoms with E-state index in [1.54, 1.807) is 0 Å². The molecule has 5 heteroatoms. The van der Waals surface area contributed by atoms with Crippen molar-refractivity contribution in [2.45, 2.75) is 0 Å². The van der Waals surface area contributed by atoms with Gasteiger partial charge in [-0.05, 0) is 30.3 Å². The molecule has 4 aromatic heterocycles. The molecule has 5 nitrogen and oxygen atoms in total. The van der Waals surface area contributed by atoms with Crippen molar-refractivity contribution in [3.63, 3.8) is 0 Å². The van der Waals surface area contributed by atoms with Crippen molar-refractivity contribution < 1.29 is 0 Å². The van der Waals surface area contributed by atoms with Gasteiger partial charge in [-0.1, -0.05) is 0 Å². The lowest BCUT2D eigenvalue weighted by atomic mass is 10.2. The lowest BCUT2D eigenvalue weighted by molar-refractivity contribution is 1.17. The molecule has 4 aromatic rings. The van der Waals surface area contributed by atoms with Gasteiger partial charge in [0.05, 0.1) is 34.3 Å². The van der Waals surface area contributed by atoms with Gasteiger partial charge in [0, 0.05) is 19.4 Å². The first-order valence-electron chi connectivity index (χ1n) is 6.44. The van der Waals surface area contributed by atoms with Crippen LogP contribution in [0.25, 0.3) is 28.1 Å². The fourth-order valence-corrected chi connectivity index (χ4v) is 2.40. The standard InChI is InChI=1S/C15H13N5/c1-16-10-2-5-15-18-8-14(20(15)9-10)13-4-3-11-12(19-13)6-7-17-11/h2-9,16-17H,1H3. The van der Waals surface area contributed by atoms with Gasteiger partial charge in [0.25, 0.3) is 0 Å². The Balaban J connectivity index is 1.96. The number of aromatic nitrogens is 4. The van der Waals surface area contributed by atoms with Crippen molar-refractivity contribution >= 4 is 22.4 Å². The summed E-state index contributed by atoms with van der Waals surface area (Å²) in [6.45, 7) is 0. The van der Waals surface area contributed by atoms with Crippen LogP contribution in [0.1, 0.15) is 0 Å². The molecule has 0 aromatic carbocycles. The van der Waals surface area contributed by atoms with Crippen LogP contribution >= 0.6 is 0 Å². The maximum Gasteiger partial charge on any atom is 0.137 e. The summed E-state index contributed by atoms with van der Waals surface area (Å²) >= 11 is 0. The number of aromatic amines is 1. The van der Waals surface area contributed by atoms with E-state index in [9.17, 15) is 0 Å². The summed E-state index contributed by atoms with van der Waals surface area (Å²) in [5.41, 5.74) is 5.85. The van der Waals surface area contributed by atoms with Gasteiger partial charge in [-0.15, -0.1) is 0 Å². The van der Waals surface area contributed by atoms with E-state index < -0.39 is 0 Å². The fraction of sp³-hybridized carbons (Fsp3) is 0.0667. The minimum Gasteiger partial charge on any atom is -0.387 e. The third-order valence-corrected chi connectivity index (χ3v) is 3.46. The molecule has 98 valence electrons. The van der Waals surface area contributed by atoms with E-state index in [0.717, 1.165) is 33.8 Å². The summed E-state index contributed by atoms with van der Waals surface area (Å²) in [6.07, 6.45) is 5.78. The lowest BCUT2D eigenvalue weighted by Crippen LogP contribution is -1.94. The molecule has 0 aliphatic heterocycles. The van der Waals surface area contributed by atoms with E-state index in [1.807, 2.05) is 60.4 Å². The second-order valence-corrected chi connectivity index (χ2v) is 4.65. The number of fused-ring (bicyclic) bond motifs is 2.